The Morgan fingerprint density at radius 3 is 2.54 bits per heavy atom. The maximum atomic E-state index is 12.8. The topological polar surface area (TPSA) is 93.7 Å². The summed E-state index contributed by atoms with van der Waals surface area (Å²) in [5, 5.41) is 2.67. The number of sulfonamides is 1. The summed E-state index contributed by atoms with van der Waals surface area (Å²) >= 11 is 0. The van der Waals surface area contributed by atoms with Crippen LogP contribution in [0.15, 0.2) is 47.4 Å². The molecule has 2 N–H and O–H groups in total. The molecule has 0 aromatic heterocycles. The van der Waals surface area contributed by atoms with Crippen LogP contribution in [-0.2, 0) is 14.8 Å². The molecule has 0 aliphatic rings. The van der Waals surface area contributed by atoms with Crippen LogP contribution in [-0.4, -0.2) is 41.7 Å². The van der Waals surface area contributed by atoms with Crippen LogP contribution >= 0.6 is 0 Å². The van der Waals surface area contributed by atoms with Gasteiger partial charge in [-0.15, -0.1) is 0 Å². The standard InChI is InChI=1S/C18H22N2O5S/c1-13-8-9-14(18(21)19-10-11-24-2)12-17(13)26(22,23)20-15-6-4-5-7-16(15)25-3/h4-9,12,20H,10-11H2,1-3H3,(H,19,21). The van der Waals surface area contributed by atoms with Gasteiger partial charge in [-0.1, -0.05) is 18.2 Å². The van der Waals surface area contributed by atoms with Crippen molar-refractivity contribution in [1.82, 2.24) is 5.32 Å². The highest BCUT2D eigenvalue weighted by Gasteiger charge is 2.20. The van der Waals surface area contributed by atoms with Crippen molar-refractivity contribution in [2.24, 2.45) is 0 Å². The number of nitrogens with one attached hydrogen (secondary N) is 2. The maximum absolute atomic E-state index is 12.8. The first kappa shape index (κ1) is 19.7. The highest BCUT2D eigenvalue weighted by atomic mass is 32.2. The highest BCUT2D eigenvalue weighted by Crippen LogP contribution is 2.27. The van der Waals surface area contributed by atoms with Crippen LogP contribution in [0.2, 0.25) is 0 Å². The van der Waals surface area contributed by atoms with Gasteiger partial charge in [-0.3, -0.25) is 9.52 Å². The monoisotopic (exact) mass is 378 g/mol. The maximum Gasteiger partial charge on any atom is 0.262 e. The Bertz CT molecular complexity index is 881. The molecule has 2 rings (SSSR count). The zero-order valence-electron chi connectivity index (χ0n) is 14.9. The summed E-state index contributed by atoms with van der Waals surface area (Å²) in [4.78, 5) is 12.2. The Kier molecular flexibility index (Phi) is 6.59. The van der Waals surface area contributed by atoms with Crippen LogP contribution < -0.4 is 14.8 Å². The molecule has 0 radical (unpaired) electrons. The molecule has 0 heterocycles. The number of hydrogen-bond donors (Lipinski definition) is 2. The van der Waals surface area contributed by atoms with E-state index in [-0.39, 0.29) is 16.4 Å². The van der Waals surface area contributed by atoms with Gasteiger partial charge >= 0.3 is 0 Å². The number of anilines is 1. The summed E-state index contributed by atoms with van der Waals surface area (Å²) in [6.07, 6.45) is 0. The van der Waals surface area contributed by atoms with Gasteiger partial charge in [-0.25, -0.2) is 8.42 Å². The fourth-order valence-electron chi connectivity index (χ4n) is 2.33. The van der Waals surface area contributed by atoms with Crippen LogP contribution in [0.25, 0.3) is 0 Å². The predicted molar refractivity (Wildman–Crippen MR) is 99.2 cm³/mol. The molecule has 0 bridgehead atoms. The number of benzene rings is 2. The predicted octanol–water partition coefficient (Wildman–Crippen LogP) is 2.18. The lowest BCUT2D eigenvalue weighted by molar-refractivity contribution is 0.0937. The molecule has 0 spiro atoms. The molecule has 0 atom stereocenters. The van der Waals surface area contributed by atoms with Gasteiger partial charge in [0.2, 0.25) is 0 Å². The lowest BCUT2D eigenvalue weighted by Crippen LogP contribution is -2.27. The van der Waals surface area contributed by atoms with E-state index in [0.717, 1.165) is 0 Å². The Hall–Kier alpha value is -2.58. The van der Waals surface area contributed by atoms with Gasteiger partial charge < -0.3 is 14.8 Å². The van der Waals surface area contributed by atoms with E-state index in [1.54, 1.807) is 43.3 Å². The van der Waals surface area contributed by atoms with Crippen molar-refractivity contribution in [2.45, 2.75) is 11.8 Å². The second-order valence-corrected chi connectivity index (χ2v) is 7.19. The summed E-state index contributed by atoms with van der Waals surface area (Å²) in [5.41, 5.74) is 1.11. The van der Waals surface area contributed by atoms with Gasteiger partial charge in [0, 0.05) is 19.2 Å². The number of hydrogen-bond acceptors (Lipinski definition) is 5. The minimum absolute atomic E-state index is 0.0304. The second-order valence-electron chi connectivity index (χ2n) is 5.53. The van der Waals surface area contributed by atoms with Crippen LogP contribution in [0.5, 0.6) is 5.75 Å². The normalized spacial score (nSPS) is 11.0. The van der Waals surface area contributed by atoms with Gasteiger partial charge in [0.1, 0.15) is 5.75 Å². The van der Waals surface area contributed by atoms with Gasteiger partial charge in [0.05, 0.1) is 24.3 Å². The zero-order valence-corrected chi connectivity index (χ0v) is 15.7. The van der Waals surface area contributed by atoms with Gasteiger partial charge in [-0.05, 0) is 36.8 Å². The van der Waals surface area contributed by atoms with E-state index in [4.69, 9.17) is 9.47 Å². The molecule has 0 unspecified atom stereocenters. The Morgan fingerprint density at radius 2 is 1.85 bits per heavy atom. The number of carbonyl (C=O) groups is 1. The fourth-order valence-corrected chi connectivity index (χ4v) is 3.67. The summed E-state index contributed by atoms with van der Waals surface area (Å²) < 4.78 is 38.2. The van der Waals surface area contributed by atoms with E-state index < -0.39 is 10.0 Å². The van der Waals surface area contributed by atoms with Crippen LogP contribution in [0, 0.1) is 6.92 Å². The summed E-state index contributed by atoms with van der Waals surface area (Å²) in [5.74, 6) is 0.0398. The van der Waals surface area contributed by atoms with E-state index >= 15 is 0 Å². The molecule has 140 valence electrons. The molecular formula is C18H22N2O5S. The molecule has 0 aliphatic carbocycles. The van der Waals surface area contributed by atoms with Gasteiger partial charge in [-0.2, -0.15) is 0 Å². The average molecular weight is 378 g/mol. The van der Waals surface area contributed by atoms with E-state index in [9.17, 15) is 13.2 Å². The Morgan fingerprint density at radius 1 is 1.12 bits per heavy atom. The quantitative estimate of drug-likeness (QED) is 0.687. The van der Waals surface area contributed by atoms with E-state index in [2.05, 4.69) is 10.0 Å². The molecule has 7 nitrogen and oxygen atoms in total. The van der Waals surface area contributed by atoms with E-state index in [1.165, 1.54) is 20.3 Å². The van der Waals surface area contributed by atoms with Crippen molar-refractivity contribution < 1.29 is 22.7 Å². The Labute approximate surface area is 153 Å². The first-order valence-corrected chi connectivity index (χ1v) is 9.41. The van der Waals surface area contributed by atoms with Crippen molar-refractivity contribution in [2.75, 3.05) is 32.1 Å². The SMILES string of the molecule is COCCNC(=O)c1ccc(C)c(S(=O)(=O)Nc2ccccc2OC)c1. The van der Waals surface area contributed by atoms with Crippen molar-refractivity contribution in [3.05, 3.63) is 53.6 Å². The third-order valence-corrected chi connectivity index (χ3v) is 5.19. The number of methoxy groups -OCH3 is 2. The lowest BCUT2D eigenvalue weighted by atomic mass is 10.1. The third-order valence-electron chi connectivity index (χ3n) is 3.68. The molecule has 0 saturated carbocycles. The smallest absolute Gasteiger partial charge is 0.262 e. The van der Waals surface area contributed by atoms with Crippen molar-refractivity contribution in [1.29, 1.82) is 0 Å². The first-order valence-electron chi connectivity index (χ1n) is 7.92. The summed E-state index contributed by atoms with van der Waals surface area (Å²) in [6, 6.07) is 11.2. The number of ether oxygens (including phenoxy) is 2. The Balaban J connectivity index is 2.31. The zero-order chi connectivity index (χ0) is 19.2. The molecule has 0 fully saturated rings. The van der Waals surface area contributed by atoms with Crippen molar-refractivity contribution >= 4 is 21.6 Å². The number of rotatable bonds is 8. The van der Waals surface area contributed by atoms with E-state index in [1.807, 2.05) is 0 Å². The molecule has 26 heavy (non-hydrogen) atoms. The molecule has 0 saturated heterocycles. The second kappa shape index (κ2) is 8.68. The number of aryl methyl sites for hydroxylation is 1. The van der Waals surface area contributed by atoms with Gasteiger partial charge in [0.15, 0.2) is 0 Å². The van der Waals surface area contributed by atoms with Crippen LogP contribution in [0.4, 0.5) is 5.69 Å². The molecule has 2 aromatic carbocycles. The highest BCUT2D eigenvalue weighted by molar-refractivity contribution is 7.92. The molecular weight excluding hydrogens is 356 g/mol. The molecule has 8 heteroatoms. The van der Waals surface area contributed by atoms with Crippen LogP contribution in [0.1, 0.15) is 15.9 Å². The van der Waals surface area contributed by atoms with Crippen molar-refractivity contribution in [3.8, 4) is 5.75 Å². The largest absolute Gasteiger partial charge is 0.495 e. The third kappa shape index (κ3) is 4.74. The minimum atomic E-state index is -3.89. The molecule has 2 aromatic rings. The van der Waals surface area contributed by atoms with Crippen molar-refractivity contribution in [3.63, 3.8) is 0 Å². The summed E-state index contributed by atoms with van der Waals surface area (Å²) in [7, 11) is -0.897. The average Bonchev–Trinajstić information content (AvgIpc) is 2.62. The van der Waals surface area contributed by atoms with E-state index in [0.29, 0.717) is 30.2 Å². The summed E-state index contributed by atoms with van der Waals surface area (Å²) in [6.45, 7) is 2.38. The minimum Gasteiger partial charge on any atom is -0.495 e. The molecule has 1 amide bonds. The number of para-hydroxylation sites is 2. The number of amides is 1. The lowest BCUT2D eigenvalue weighted by Gasteiger charge is -2.14. The van der Waals surface area contributed by atoms with Crippen LogP contribution in [0.3, 0.4) is 0 Å². The van der Waals surface area contributed by atoms with Gasteiger partial charge in [0.25, 0.3) is 15.9 Å². The molecule has 0 aliphatic heterocycles. The fraction of sp³-hybridized carbons (Fsp3) is 0.278. The first-order chi connectivity index (χ1) is 12.4. The number of carbonyl (C=O) groups excluding carboxylic acids is 1.